The monoisotopic (exact) mass is 234 g/mol. The van der Waals surface area contributed by atoms with Crippen LogP contribution in [0.3, 0.4) is 0 Å². The summed E-state index contributed by atoms with van der Waals surface area (Å²) in [6.45, 7) is 4.74. The van der Waals surface area contributed by atoms with Gasteiger partial charge >= 0.3 is 0 Å². The fourth-order valence-electron chi connectivity index (χ4n) is 3.03. The first-order chi connectivity index (χ1) is 8.33. The van der Waals surface area contributed by atoms with Crippen molar-refractivity contribution in [2.45, 2.75) is 25.3 Å². The second-order valence-corrected chi connectivity index (χ2v) is 5.11. The zero-order valence-corrected chi connectivity index (χ0v) is 10.1. The number of rotatable bonds is 2. The Bertz CT molecular complexity index is 370. The first kappa shape index (κ1) is 11.0. The Balaban J connectivity index is 1.65. The largest absolute Gasteiger partial charge is 0.370 e. The highest BCUT2D eigenvalue weighted by molar-refractivity contribution is 5.47. The molecule has 1 aromatic carbocycles. The molecule has 0 aromatic heterocycles. The molecule has 1 aromatic rings. The van der Waals surface area contributed by atoms with Crippen LogP contribution >= 0.6 is 0 Å². The van der Waals surface area contributed by atoms with Gasteiger partial charge in [0.2, 0.25) is 0 Å². The molecule has 0 saturated carbocycles. The highest BCUT2D eigenvalue weighted by Crippen LogP contribution is 2.25. The van der Waals surface area contributed by atoms with E-state index in [9.17, 15) is 4.39 Å². The number of halogens is 1. The number of benzene rings is 1. The number of hydrogen-bond acceptors (Lipinski definition) is 2. The zero-order chi connectivity index (χ0) is 11.7. The molecule has 2 heterocycles. The molecule has 17 heavy (non-hydrogen) atoms. The van der Waals surface area contributed by atoms with Crippen molar-refractivity contribution in [1.82, 2.24) is 4.90 Å². The van der Waals surface area contributed by atoms with Crippen LogP contribution in [0.25, 0.3) is 0 Å². The summed E-state index contributed by atoms with van der Waals surface area (Å²) >= 11 is 0. The van der Waals surface area contributed by atoms with E-state index in [1.54, 1.807) is 12.1 Å². The molecule has 0 spiro atoms. The first-order valence-electron chi connectivity index (χ1n) is 6.57. The van der Waals surface area contributed by atoms with E-state index in [2.05, 4.69) is 9.80 Å². The molecule has 2 aliphatic heterocycles. The molecule has 0 radical (unpaired) electrons. The maximum Gasteiger partial charge on any atom is 0.123 e. The van der Waals surface area contributed by atoms with Crippen LogP contribution in [0.15, 0.2) is 24.3 Å². The fraction of sp³-hybridized carbons (Fsp3) is 0.571. The SMILES string of the molecule is Fc1ccc(N2CCC(N3CCCC3)C2)cc1. The van der Waals surface area contributed by atoms with Crippen LogP contribution in [0.2, 0.25) is 0 Å². The van der Waals surface area contributed by atoms with Crippen molar-refractivity contribution >= 4 is 5.69 Å². The number of anilines is 1. The molecule has 2 fully saturated rings. The van der Waals surface area contributed by atoms with Crippen molar-refractivity contribution < 1.29 is 4.39 Å². The molecule has 2 aliphatic rings. The third kappa shape index (κ3) is 2.29. The lowest BCUT2D eigenvalue weighted by Crippen LogP contribution is -2.35. The van der Waals surface area contributed by atoms with E-state index in [1.165, 1.54) is 32.4 Å². The molecule has 2 nitrogen and oxygen atoms in total. The minimum atomic E-state index is -0.149. The molecule has 1 atom stereocenters. The number of hydrogen-bond donors (Lipinski definition) is 0. The van der Waals surface area contributed by atoms with Gasteiger partial charge in [0.1, 0.15) is 5.82 Å². The van der Waals surface area contributed by atoms with Gasteiger partial charge in [-0.1, -0.05) is 0 Å². The van der Waals surface area contributed by atoms with Gasteiger partial charge in [-0.15, -0.1) is 0 Å². The minimum Gasteiger partial charge on any atom is -0.370 e. The molecule has 3 rings (SSSR count). The smallest absolute Gasteiger partial charge is 0.123 e. The summed E-state index contributed by atoms with van der Waals surface area (Å²) < 4.78 is 12.9. The van der Waals surface area contributed by atoms with Gasteiger partial charge in [-0.3, -0.25) is 4.90 Å². The van der Waals surface area contributed by atoms with E-state index in [0.29, 0.717) is 6.04 Å². The van der Waals surface area contributed by atoms with Crippen LogP contribution in [0.4, 0.5) is 10.1 Å². The predicted octanol–water partition coefficient (Wildman–Crippen LogP) is 2.50. The molecule has 0 N–H and O–H groups in total. The second kappa shape index (κ2) is 4.65. The average Bonchev–Trinajstić information content (AvgIpc) is 3.00. The molecule has 3 heteroatoms. The van der Waals surface area contributed by atoms with Crippen LogP contribution in [-0.4, -0.2) is 37.1 Å². The second-order valence-electron chi connectivity index (χ2n) is 5.11. The maximum absolute atomic E-state index is 12.9. The first-order valence-corrected chi connectivity index (χ1v) is 6.57. The van der Waals surface area contributed by atoms with Crippen molar-refractivity contribution in [3.8, 4) is 0 Å². The average molecular weight is 234 g/mol. The predicted molar refractivity (Wildman–Crippen MR) is 67.8 cm³/mol. The van der Waals surface area contributed by atoms with Gasteiger partial charge < -0.3 is 4.90 Å². The summed E-state index contributed by atoms with van der Waals surface area (Å²) in [5.74, 6) is -0.149. The van der Waals surface area contributed by atoms with E-state index in [0.717, 1.165) is 18.8 Å². The summed E-state index contributed by atoms with van der Waals surface area (Å²) in [5.41, 5.74) is 1.16. The van der Waals surface area contributed by atoms with Gasteiger partial charge in [0.15, 0.2) is 0 Å². The van der Waals surface area contributed by atoms with Crippen molar-refractivity contribution in [2.24, 2.45) is 0 Å². The summed E-state index contributed by atoms with van der Waals surface area (Å²) in [7, 11) is 0. The van der Waals surface area contributed by atoms with Gasteiger partial charge in [-0.2, -0.15) is 0 Å². The van der Waals surface area contributed by atoms with Crippen LogP contribution in [-0.2, 0) is 0 Å². The van der Waals surface area contributed by atoms with Crippen LogP contribution in [0.1, 0.15) is 19.3 Å². The number of likely N-dealkylation sites (tertiary alicyclic amines) is 1. The van der Waals surface area contributed by atoms with Gasteiger partial charge in [-0.05, 0) is 56.6 Å². The molecule has 92 valence electrons. The van der Waals surface area contributed by atoms with Crippen LogP contribution in [0, 0.1) is 5.82 Å². The van der Waals surface area contributed by atoms with E-state index < -0.39 is 0 Å². The molecule has 0 amide bonds. The molecule has 0 bridgehead atoms. The molecule has 0 aliphatic carbocycles. The van der Waals surface area contributed by atoms with Crippen molar-refractivity contribution in [1.29, 1.82) is 0 Å². The normalized spacial score (nSPS) is 25.7. The van der Waals surface area contributed by atoms with Gasteiger partial charge in [0.25, 0.3) is 0 Å². The Kier molecular flexibility index (Phi) is 3.02. The van der Waals surface area contributed by atoms with Crippen molar-refractivity contribution in [2.75, 3.05) is 31.1 Å². The lowest BCUT2D eigenvalue weighted by atomic mass is 10.2. The quantitative estimate of drug-likeness (QED) is 0.775. The van der Waals surface area contributed by atoms with E-state index >= 15 is 0 Å². The van der Waals surface area contributed by atoms with Crippen LogP contribution in [0.5, 0.6) is 0 Å². The minimum absolute atomic E-state index is 0.149. The Morgan fingerprint density at radius 1 is 1.00 bits per heavy atom. The zero-order valence-electron chi connectivity index (χ0n) is 10.1. The molecular formula is C14H19FN2. The topological polar surface area (TPSA) is 6.48 Å². The Hall–Kier alpha value is -1.09. The summed E-state index contributed by atoms with van der Waals surface area (Å²) in [6.07, 6.45) is 3.96. The molecule has 2 saturated heterocycles. The lowest BCUT2D eigenvalue weighted by molar-refractivity contribution is 0.260. The standard InChI is InChI=1S/C14H19FN2/c15-12-3-5-13(6-4-12)17-10-7-14(11-17)16-8-1-2-9-16/h3-6,14H,1-2,7-11H2. The van der Waals surface area contributed by atoms with E-state index in [-0.39, 0.29) is 5.82 Å². The highest BCUT2D eigenvalue weighted by Gasteiger charge is 2.29. The molecular weight excluding hydrogens is 215 g/mol. The number of nitrogens with zero attached hydrogens (tertiary/aromatic N) is 2. The Labute approximate surface area is 102 Å². The lowest BCUT2D eigenvalue weighted by Gasteiger charge is -2.24. The Morgan fingerprint density at radius 2 is 1.71 bits per heavy atom. The summed E-state index contributed by atoms with van der Waals surface area (Å²) in [4.78, 5) is 4.99. The van der Waals surface area contributed by atoms with E-state index in [4.69, 9.17) is 0 Å². The van der Waals surface area contributed by atoms with Crippen molar-refractivity contribution in [3.63, 3.8) is 0 Å². The fourth-order valence-corrected chi connectivity index (χ4v) is 3.03. The summed E-state index contributed by atoms with van der Waals surface area (Å²) in [5, 5.41) is 0. The maximum atomic E-state index is 12.9. The van der Waals surface area contributed by atoms with Gasteiger partial charge in [0.05, 0.1) is 0 Å². The Morgan fingerprint density at radius 3 is 2.41 bits per heavy atom. The van der Waals surface area contributed by atoms with E-state index in [1.807, 2.05) is 12.1 Å². The van der Waals surface area contributed by atoms with Crippen molar-refractivity contribution in [3.05, 3.63) is 30.1 Å². The third-order valence-corrected chi connectivity index (χ3v) is 4.01. The highest BCUT2D eigenvalue weighted by atomic mass is 19.1. The van der Waals surface area contributed by atoms with Gasteiger partial charge in [0, 0.05) is 24.8 Å². The molecule has 1 unspecified atom stereocenters. The summed E-state index contributed by atoms with van der Waals surface area (Å²) in [6, 6.07) is 7.60. The van der Waals surface area contributed by atoms with Crippen LogP contribution < -0.4 is 4.90 Å². The van der Waals surface area contributed by atoms with Gasteiger partial charge in [-0.25, -0.2) is 4.39 Å². The third-order valence-electron chi connectivity index (χ3n) is 4.01.